The minimum absolute atomic E-state index is 0.0245. The van der Waals surface area contributed by atoms with Gasteiger partial charge >= 0.3 is 6.03 Å². The van der Waals surface area contributed by atoms with Gasteiger partial charge in [0.05, 0.1) is 5.92 Å². The van der Waals surface area contributed by atoms with Gasteiger partial charge in [-0.15, -0.1) is 0 Å². The molecule has 0 spiro atoms. The second kappa shape index (κ2) is 8.34. The van der Waals surface area contributed by atoms with Crippen molar-refractivity contribution < 1.29 is 14.4 Å². The van der Waals surface area contributed by atoms with E-state index < -0.39 is 0 Å². The largest absolute Gasteiger partial charge is 0.342 e. The Hall–Kier alpha value is -3.35. The molecule has 0 aliphatic carbocycles. The number of likely N-dealkylation sites (tertiary alicyclic amines) is 1. The van der Waals surface area contributed by atoms with Gasteiger partial charge in [0, 0.05) is 44.0 Å². The van der Waals surface area contributed by atoms with Gasteiger partial charge in [-0.1, -0.05) is 30.3 Å². The maximum Gasteiger partial charge on any atom is 0.321 e. The number of nitrogens with one attached hydrogen (secondary N) is 2. The summed E-state index contributed by atoms with van der Waals surface area (Å²) in [5.74, 6) is -0.467. The van der Waals surface area contributed by atoms with Gasteiger partial charge in [0.25, 0.3) is 0 Å². The minimum atomic E-state index is -0.345. The molecule has 29 heavy (non-hydrogen) atoms. The molecule has 0 saturated carbocycles. The first kappa shape index (κ1) is 19.0. The van der Waals surface area contributed by atoms with E-state index in [1.54, 1.807) is 21.9 Å². The van der Waals surface area contributed by atoms with Crippen molar-refractivity contribution in [3.63, 3.8) is 0 Å². The predicted molar refractivity (Wildman–Crippen MR) is 111 cm³/mol. The van der Waals surface area contributed by atoms with Crippen molar-refractivity contribution in [2.45, 2.75) is 12.8 Å². The normalized spacial score (nSPS) is 18.8. The van der Waals surface area contributed by atoms with Crippen LogP contribution in [0.2, 0.25) is 0 Å². The van der Waals surface area contributed by atoms with Crippen molar-refractivity contribution in [1.82, 2.24) is 10.2 Å². The molecule has 2 aliphatic heterocycles. The lowest BCUT2D eigenvalue weighted by Gasteiger charge is -2.17. The molecule has 4 rings (SSSR count). The maximum atomic E-state index is 12.6. The number of anilines is 2. The first-order valence-corrected chi connectivity index (χ1v) is 9.88. The number of rotatable bonds is 6. The molecule has 1 unspecified atom stereocenters. The van der Waals surface area contributed by atoms with Crippen LogP contribution in [0.3, 0.4) is 0 Å². The van der Waals surface area contributed by atoms with Crippen molar-refractivity contribution in [2.75, 3.05) is 36.4 Å². The SMILES string of the molecule is O=C(Nc1ccc(N2CCNC2=O)cc1)C1CC(=O)N(CCc2ccccc2)C1. The molecular formula is C22H24N4O3. The highest BCUT2D eigenvalue weighted by Gasteiger charge is 2.34. The number of urea groups is 1. The van der Waals surface area contributed by atoms with Crippen LogP contribution in [0.1, 0.15) is 12.0 Å². The van der Waals surface area contributed by atoms with Crippen LogP contribution in [0.25, 0.3) is 0 Å². The van der Waals surface area contributed by atoms with Gasteiger partial charge in [-0.05, 0) is 36.2 Å². The molecule has 0 bridgehead atoms. The number of benzene rings is 2. The molecule has 2 aromatic rings. The summed E-state index contributed by atoms with van der Waals surface area (Å²) in [5.41, 5.74) is 2.63. The molecule has 4 amide bonds. The fourth-order valence-electron chi connectivity index (χ4n) is 3.76. The van der Waals surface area contributed by atoms with Crippen LogP contribution in [0, 0.1) is 5.92 Å². The molecule has 2 heterocycles. The molecular weight excluding hydrogens is 368 g/mol. The van der Waals surface area contributed by atoms with Crippen molar-refractivity contribution in [2.24, 2.45) is 5.92 Å². The van der Waals surface area contributed by atoms with Crippen LogP contribution in [0.5, 0.6) is 0 Å². The molecule has 1 atom stereocenters. The minimum Gasteiger partial charge on any atom is -0.342 e. The van der Waals surface area contributed by atoms with Crippen LogP contribution in [-0.4, -0.2) is 48.9 Å². The Morgan fingerprint density at radius 3 is 2.52 bits per heavy atom. The molecule has 150 valence electrons. The van der Waals surface area contributed by atoms with E-state index >= 15 is 0 Å². The maximum absolute atomic E-state index is 12.6. The second-order valence-corrected chi connectivity index (χ2v) is 7.40. The van der Waals surface area contributed by atoms with Gasteiger partial charge < -0.3 is 15.5 Å². The monoisotopic (exact) mass is 392 g/mol. The first-order chi connectivity index (χ1) is 14.1. The molecule has 2 aromatic carbocycles. The van der Waals surface area contributed by atoms with Crippen LogP contribution in [0.15, 0.2) is 54.6 Å². The molecule has 0 aromatic heterocycles. The van der Waals surface area contributed by atoms with Gasteiger partial charge in [-0.3, -0.25) is 14.5 Å². The van der Waals surface area contributed by atoms with Crippen LogP contribution < -0.4 is 15.5 Å². The van der Waals surface area contributed by atoms with Crippen LogP contribution in [0.4, 0.5) is 16.2 Å². The summed E-state index contributed by atoms with van der Waals surface area (Å²) < 4.78 is 0. The lowest BCUT2D eigenvalue weighted by atomic mass is 10.1. The van der Waals surface area contributed by atoms with E-state index in [-0.39, 0.29) is 30.2 Å². The zero-order chi connectivity index (χ0) is 20.2. The average Bonchev–Trinajstić information content (AvgIpc) is 3.33. The lowest BCUT2D eigenvalue weighted by Crippen LogP contribution is -2.30. The highest BCUT2D eigenvalue weighted by molar-refractivity contribution is 5.98. The smallest absolute Gasteiger partial charge is 0.321 e. The highest BCUT2D eigenvalue weighted by atomic mass is 16.2. The summed E-state index contributed by atoms with van der Waals surface area (Å²) in [6.45, 7) is 2.34. The zero-order valence-corrected chi connectivity index (χ0v) is 16.1. The molecule has 7 nitrogen and oxygen atoms in total. The molecule has 2 aliphatic rings. The molecule has 2 N–H and O–H groups in total. The van der Waals surface area contributed by atoms with Crippen molar-refractivity contribution in [3.05, 3.63) is 60.2 Å². The summed E-state index contributed by atoms with van der Waals surface area (Å²) in [7, 11) is 0. The van der Waals surface area contributed by atoms with Crippen molar-refractivity contribution in [3.8, 4) is 0 Å². The molecule has 0 radical (unpaired) electrons. The van der Waals surface area contributed by atoms with Gasteiger partial charge in [-0.2, -0.15) is 0 Å². The van der Waals surface area contributed by atoms with Crippen LogP contribution >= 0.6 is 0 Å². The summed E-state index contributed by atoms with van der Waals surface area (Å²) in [4.78, 5) is 40.1. The topological polar surface area (TPSA) is 81.8 Å². The fraction of sp³-hybridized carbons (Fsp3) is 0.318. The Morgan fingerprint density at radius 2 is 1.83 bits per heavy atom. The molecule has 2 saturated heterocycles. The van der Waals surface area contributed by atoms with Crippen molar-refractivity contribution >= 4 is 29.2 Å². The van der Waals surface area contributed by atoms with Crippen LogP contribution in [-0.2, 0) is 16.0 Å². The lowest BCUT2D eigenvalue weighted by molar-refractivity contribution is -0.128. The van der Waals surface area contributed by atoms with E-state index in [0.29, 0.717) is 31.9 Å². The van der Waals surface area contributed by atoms with Gasteiger partial charge in [-0.25, -0.2) is 4.79 Å². The van der Waals surface area contributed by atoms with E-state index in [9.17, 15) is 14.4 Å². The Kier molecular flexibility index (Phi) is 5.46. The highest BCUT2D eigenvalue weighted by Crippen LogP contribution is 2.23. The van der Waals surface area contributed by atoms with E-state index in [4.69, 9.17) is 0 Å². The third kappa shape index (κ3) is 4.39. The van der Waals surface area contributed by atoms with E-state index in [1.807, 2.05) is 42.5 Å². The quantitative estimate of drug-likeness (QED) is 0.791. The Balaban J connectivity index is 1.30. The number of nitrogens with zero attached hydrogens (tertiary/aromatic N) is 2. The van der Waals surface area contributed by atoms with E-state index in [1.165, 1.54) is 5.56 Å². The Morgan fingerprint density at radius 1 is 1.07 bits per heavy atom. The van der Waals surface area contributed by atoms with Gasteiger partial charge in [0.1, 0.15) is 0 Å². The summed E-state index contributed by atoms with van der Waals surface area (Å²) in [6, 6.07) is 17.1. The summed E-state index contributed by atoms with van der Waals surface area (Å²) >= 11 is 0. The predicted octanol–water partition coefficient (Wildman–Crippen LogP) is 2.25. The average molecular weight is 392 g/mol. The molecule has 2 fully saturated rings. The third-order valence-corrected chi connectivity index (χ3v) is 5.40. The van der Waals surface area contributed by atoms with Gasteiger partial charge in [0.15, 0.2) is 0 Å². The van der Waals surface area contributed by atoms with Crippen molar-refractivity contribution in [1.29, 1.82) is 0 Å². The van der Waals surface area contributed by atoms with E-state index in [2.05, 4.69) is 10.6 Å². The summed E-state index contributed by atoms with van der Waals surface area (Å²) in [5, 5.41) is 5.65. The number of carbonyl (C=O) groups is 3. The standard InChI is InChI=1S/C22H24N4O3/c27-20-14-17(15-25(20)12-10-16-4-2-1-3-5-16)21(28)24-18-6-8-19(9-7-18)26-13-11-23-22(26)29/h1-9,17H,10-15H2,(H,23,29)(H,24,28). The number of hydrogen-bond donors (Lipinski definition) is 2. The number of amides is 4. The fourth-order valence-corrected chi connectivity index (χ4v) is 3.76. The number of hydrogen-bond acceptors (Lipinski definition) is 3. The van der Waals surface area contributed by atoms with Gasteiger partial charge in [0.2, 0.25) is 11.8 Å². The second-order valence-electron chi connectivity index (χ2n) is 7.40. The van der Waals surface area contributed by atoms with E-state index in [0.717, 1.165) is 12.1 Å². The zero-order valence-electron chi connectivity index (χ0n) is 16.1. The Bertz CT molecular complexity index is 898. The third-order valence-electron chi connectivity index (χ3n) is 5.40. The number of carbonyl (C=O) groups excluding carboxylic acids is 3. The first-order valence-electron chi connectivity index (χ1n) is 9.88. The summed E-state index contributed by atoms with van der Waals surface area (Å²) in [6.07, 6.45) is 1.03. The molecule has 7 heteroatoms. The Labute approximate surface area is 169 Å².